The van der Waals surface area contributed by atoms with E-state index in [9.17, 15) is 9.59 Å². The molecular formula is C17H15N5O2. The second-order valence-electron chi connectivity index (χ2n) is 5.83. The predicted molar refractivity (Wildman–Crippen MR) is 87.4 cm³/mol. The third kappa shape index (κ3) is 2.40. The van der Waals surface area contributed by atoms with Gasteiger partial charge in [0.05, 0.1) is 23.3 Å². The lowest BCUT2D eigenvalue weighted by Gasteiger charge is -2.38. The number of benzene rings is 1. The van der Waals surface area contributed by atoms with Crippen molar-refractivity contribution in [3.8, 4) is 0 Å². The maximum atomic E-state index is 12.5. The summed E-state index contributed by atoms with van der Waals surface area (Å²) in [6, 6.07) is 11.4. The molecule has 0 aliphatic carbocycles. The summed E-state index contributed by atoms with van der Waals surface area (Å²) >= 11 is 0. The van der Waals surface area contributed by atoms with Gasteiger partial charge < -0.3 is 10.6 Å². The summed E-state index contributed by atoms with van der Waals surface area (Å²) < 4.78 is 1.68. The molecule has 0 unspecified atom stereocenters. The number of nitrogens with zero attached hydrogens (tertiary/aromatic N) is 4. The van der Waals surface area contributed by atoms with E-state index in [0.29, 0.717) is 24.3 Å². The molecule has 4 rings (SSSR count). The van der Waals surface area contributed by atoms with E-state index in [1.54, 1.807) is 21.8 Å². The van der Waals surface area contributed by atoms with Gasteiger partial charge >= 0.3 is 0 Å². The molecule has 1 aromatic carbocycles. The molecule has 3 aromatic rings. The Kier molecular flexibility index (Phi) is 3.26. The van der Waals surface area contributed by atoms with Crippen LogP contribution in [0.1, 0.15) is 26.9 Å². The minimum Gasteiger partial charge on any atom is -0.366 e. The first-order valence-corrected chi connectivity index (χ1v) is 7.61. The largest absolute Gasteiger partial charge is 0.366 e. The van der Waals surface area contributed by atoms with Crippen LogP contribution in [0.3, 0.4) is 0 Å². The number of carbonyl (C=O) groups is 2. The number of carbonyl (C=O) groups excluding carboxylic acids is 2. The number of amides is 2. The molecule has 0 atom stereocenters. The van der Waals surface area contributed by atoms with Gasteiger partial charge in [0.25, 0.3) is 11.8 Å². The smallest absolute Gasteiger partial charge is 0.272 e. The van der Waals surface area contributed by atoms with Crippen LogP contribution < -0.4 is 5.73 Å². The maximum Gasteiger partial charge on any atom is 0.272 e. The molecule has 1 aliphatic heterocycles. The lowest BCUT2D eigenvalue weighted by Crippen LogP contribution is -2.51. The Morgan fingerprint density at radius 3 is 2.67 bits per heavy atom. The monoisotopic (exact) mass is 321 g/mol. The first kappa shape index (κ1) is 14.4. The van der Waals surface area contributed by atoms with Gasteiger partial charge in [0.15, 0.2) is 0 Å². The van der Waals surface area contributed by atoms with E-state index >= 15 is 0 Å². The van der Waals surface area contributed by atoms with E-state index in [1.807, 2.05) is 30.3 Å². The fourth-order valence-electron chi connectivity index (χ4n) is 2.80. The van der Waals surface area contributed by atoms with Gasteiger partial charge in [-0.1, -0.05) is 24.3 Å². The Morgan fingerprint density at radius 1 is 1.12 bits per heavy atom. The Labute approximate surface area is 137 Å². The minimum absolute atomic E-state index is 0.0579. The van der Waals surface area contributed by atoms with E-state index in [-0.39, 0.29) is 11.9 Å². The molecule has 2 amide bonds. The predicted octanol–water partition coefficient (Wildman–Crippen LogP) is 1.23. The standard InChI is InChI=1S/C17H15N5O2/c18-16(23)12-7-19-22(8-12)13-9-21(10-13)17(24)15-6-5-11-3-1-2-4-14(11)20-15/h1-8,13H,9-10H2,(H2,18,23). The van der Waals surface area contributed by atoms with Gasteiger partial charge in [-0.3, -0.25) is 14.3 Å². The zero-order valence-electron chi connectivity index (χ0n) is 12.8. The molecule has 24 heavy (non-hydrogen) atoms. The maximum absolute atomic E-state index is 12.5. The van der Waals surface area contributed by atoms with Crippen molar-refractivity contribution >= 4 is 22.7 Å². The zero-order chi connectivity index (χ0) is 16.7. The van der Waals surface area contributed by atoms with Crippen molar-refractivity contribution in [2.24, 2.45) is 5.73 Å². The SMILES string of the molecule is NC(=O)c1cnn(C2CN(C(=O)c3ccc4ccccc4n3)C2)c1. The van der Waals surface area contributed by atoms with E-state index in [4.69, 9.17) is 5.73 Å². The van der Waals surface area contributed by atoms with E-state index < -0.39 is 5.91 Å². The van der Waals surface area contributed by atoms with Gasteiger partial charge in [0.2, 0.25) is 0 Å². The quantitative estimate of drug-likeness (QED) is 0.785. The van der Waals surface area contributed by atoms with E-state index in [2.05, 4.69) is 10.1 Å². The third-order valence-electron chi connectivity index (χ3n) is 4.23. The molecule has 2 aromatic heterocycles. The Hall–Kier alpha value is -3.22. The van der Waals surface area contributed by atoms with Crippen molar-refractivity contribution in [2.45, 2.75) is 6.04 Å². The van der Waals surface area contributed by atoms with Gasteiger partial charge in [-0.15, -0.1) is 0 Å². The van der Waals surface area contributed by atoms with E-state index in [1.165, 1.54) is 6.20 Å². The highest BCUT2D eigenvalue weighted by atomic mass is 16.2. The number of fused-ring (bicyclic) bond motifs is 1. The molecule has 1 aliphatic rings. The Bertz CT molecular complexity index is 943. The van der Waals surface area contributed by atoms with Gasteiger partial charge in [-0.05, 0) is 12.1 Å². The highest BCUT2D eigenvalue weighted by molar-refractivity contribution is 5.95. The van der Waals surface area contributed by atoms with Crippen LogP contribution >= 0.6 is 0 Å². The van der Waals surface area contributed by atoms with Crippen molar-refractivity contribution in [3.63, 3.8) is 0 Å². The molecule has 7 heteroatoms. The third-order valence-corrected chi connectivity index (χ3v) is 4.23. The van der Waals surface area contributed by atoms with Crippen molar-refractivity contribution in [1.29, 1.82) is 0 Å². The lowest BCUT2D eigenvalue weighted by molar-refractivity contribution is 0.0495. The highest BCUT2D eigenvalue weighted by Crippen LogP contribution is 2.23. The van der Waals surface area contributed by atoms with Crippen LogP contribution in [-0.4, -0.2) is 44.6 Å². The average Bonchev–Trinajstić information content (AvgIpc) is 3.03. The molecule has 0 spiro atoms. The molecule has 0 saturated carbocycles. The number of hydrogen-bond acceptors (Lipinski definition) is 4. The average molecular weight is 321 g/mol. The normalized spacial score (nSPS) is 14.6. The van der Waals surface area contributed by atoms with Crippen LogP contribution in [-0.2, 0) is 0 Å². The number of hydrogen-bond donors (Lipinski definition) is 1. The second kappa shape index (κ2) is 5.45. The lowest BCUT2D eigenvalue weighted by atomic mass is 10.1. The van der Waals surface area contributed by atoms with Crippen LogP contribution in [0, 0.1) is 0 Å². The minimum atomic E-state index is -0.506. The summed E-state index contributed by atoms with van der Waals surface area (Å²) in [5.41, 5.74) is 6.83. The molecule has 0 bridgehead atoms. The molecule has 3 heterocycles. The van der Waals surface area contributed by atoms with Crippen molar-refractivity contribution in [3.05, 3.63) is 60.0 Å². The Balaban J connectivity index is 1.47. The van der Waals surface area contributed by atoms with Gasteiger partial charge in [0, 0.05) is 24.7 Å². The summed E-state index contributed by atoms with van der Waals surface area (Å²) in [7, 11) is 0. The summed E-state index contributed by atoms with van der Waals surface area (Å²) in [6.07, 6.45) is 3.06. The topological polar surface area (TPSA) is 94.1 Å². The number of likely N-dealkylation sites (tertiary alicyclic amines) is 1. The van der Waals surface area contributed by atoms with Crippen LogP contribution in [0.25, 0.3) is 10.9 Å². The van der Waals surface area contributed by atoms with Crippen molar-refractivity contribution < 1.29 is 9.59 Å². The number of primary amides is 1. The molecule has 7 nitrogen and oxygen atoms in total. The number of nitrogens with two attached hydrogens (primary N) is 1. The molecule has 120 valence electrons. The molecule has 1 saturated heterocycles. The number of aromatic nitrogens is 3. The zero-order valence-corrected chi connectivity index (χ0v) is 12.8. The first-order valence-electron chi connectivity index (χ1n) is 7.61. The highest BCUT2D eigenvalue weighted by Gasteiger charge is 2.33. The second-order valence-corrected chi connectivity index (χ2v) is 5.83. The van der Waals surface area contributed by atoms with Crippen LogP contribution in [0.5, 0.6) is 0 Å². The van der Waals surface area contributed by atoms with Crippen LogP contribution in [0.4, 0.5) is 0 Å². The summed E-state index contributed by atoms with van der Waals surface area (Å²) in [5, 5.41) is 5.13. The van der Waals surface area contributed by atoms with Gasteiger partial charge in [0.1, 0.15) is 5.69 Å². The van der Waals surface area contributed by atoms with Gasteiger partial charge in [-0.2, -0.15) is 5.10 Å². The van der Waals surface area contributed by atoms with Crippen molar-refractivity contribution in [1.82, 2.24) is 19.7 Å². The molecule has 2 N–H and O–H groups in total. The molecule has 0 radical (unpaired) electrons. The van der Waals surface area contributed by atoms with Crippen molar-refractivity contribution in [2.75, 3.05) is 13.1 Å². The van der Waals surface area contributed by atoms with Crippen LogP contribution in [0.2, 0.25) is 0 Å². The summed E-state index contributed by atoms with van der Waals surface area (Å²) in [5.74, 6) is -0.604. The summed E-state index contributed by atoms with van der Waals surface area (Å²) in [4.78, 5) is 29.8. The first-order chi connectivity index (χ1) is 11.6. The summed E-state index contributed by atoms with van der Waals surface area (Å²) in [6.45, 7) is 1.07. The van der Waals surface area contributed by atoms with E-state index in [0.717, 1.165) is 10.9 Å². The van der Waals surface area contributed by atoms with Gasteiger partial charge in [-0.25, -0.2) is 4.98 Å². The number of rotatable bonds is 3. The molecule has 1 fully saturated rings. The fraction of sp³-hybridized carbons (Fsp3) is 0.176. The Morgan fingerprint density at radius 2 is 1.92 bits per heavy atom. The molecular weight excluding hydrogens is 306 g/mol. The fourth-order valence-corrected chi connectivity index (χ4v) is 2.80. The van der Waals surface area contributed by atoms with Crippen LogP contribution in [0.15, 0.2) is 48.8 Å². The number of para-hydroxylation sites is 1. The number of pyridine rings is 1.